The summed E-state index contributed by atoms with van der Waals surface area (Å²) in [5.41, 5.74) is 2.33. The highest BCUT2D eigenvalue weighted by molar-refractivity contribution is 5.84. The fourth-order valence-electron chi connectivity index (χ4n) is 4.39. The van der Waals surface area contributed by atoms with E-state index in [9.17, 15) is 5.26 Å². The molecule has 0 saturated carbocycles. The molecule has 14 heteroatoms. The van der Waals surface area contributed by atoms with Crippen LogP contribution in [0.2, 0.25) is 0 Å². The molecule has 6 heterocycles. The summed E-state index contributed by atoms with van der Waals surface area (Å²) in [7, 11) is 3.15. The van der Waals surface area contributed by atoms with Crippen molar-refractivity contribution in [3.8, 4) is 29.2 Å². The van der Waals surface area contributed by atoms with Crippen molar-refractivity contribution in [2.45, 2.75) is 19.3 Å². The van der Waals surface area contributed by atoms with Crippen LogP contribution in [-0.2, 0) is 5.41 Å². The normalized spacial score (nSPS) is 11.4. The summed E-state index contributed by atoms with van der Waals surface area (Å²) in [4.78, 5) is 38.7. The fourth-order valence-corrected chi connectivity index (χ4v) is 4.39. The molecule has 0 saturated heterocycles. The van der Waals surface area contributed by atoms with Crippen LogP contribution in [0.15, 0.2) is 49.6 Å². The first-order valence-electron chi connectivity index (χ1n) is 12.2. The number of nitrogens with zero attached hydrogens (tertiary/aromatic N) is 12. The minimum absolute atomic E-state index is 0.157. The Morgan fingerprint density at radius 3 is 1.85 bits per heavy atom. The van der Waals surface area contributed by atoms with E-state index in [1.54, 1.807) is 48.1 Å². The fraction of sp³-hybridized carbons (Fsp3) is 0.185. The predicted octanol–water partition coefficient (Wildman–Crippen LogP) is 3.50. The van der Waals surface area contributed by atoms with Gasteiger partial charge >= 0.3 is 5.82 Å². The highest BCUT2D eigenvalue weighted by atomic mass is 16.5. The molecule has 0 unspecified atom stereocenters. The van der Waals surface area contributed by atoms with Gasteiger partial charge in [-0.3, -0.25) is 9.13 Å². The van der Waals surface area contributed by atoms with Crippen LogP contribution in [0.1, 0.15) is 30.9 Å². The highest BCUT2D eigenvalue weighted by Crippen LogP contribution is 2.35. The van der Waals surface area contributed by atoms with Gasteiger partial charge < -0.3 is 14.3 Å². The summed E-state index contributed by atoms with van der Waals surface area (Å²) in [6.45, 7) is 11.4. The van der Waals surface area contributed by atoms with Crippen molar-refractivity contribution in [1.82, 2.24) is 49.0 Å². The number of hydrogen-bond donors (Lipinski definition) is 0. The van der Waals surface area contributed by atoms with Gasteiger partial charge in [0, 0.05) is 29.7 Å². The van der Waals surface area contributed by atoms with Gasteiger partial charge in [0.15, 0.2) is 17.0 Å². The molecule has 0 N–H and O–H groups in total. The second-order valence-corrected chi connectivity index (χ2v) is 9.34. The van der Waals surface area contributed by atoms with E-state index < -0.39 is 5.41 Å². The molecule has 0 aliphatic rings. The molecule has 41 heavy (non-hydrogen) atoms. The summed E-state index contributed by atoms with van der Waals surface area (Å²) in [5, 5.41) is 9.42. The van der Waals surface area contributed by atoms with Crippen molar-refractivity contribution in [3.05, 3.63) is 78.1 Å². The topological polar surface area (TPSA) is 160 Å². The molecule has 14 nitrogen and oxygen atoms in total. The number of fused-ring (bicyclic) bond motifs is 2. The summed E-state index contributed by atoms with van der Waals surface area (Å²) >= 11 is 0. The lowest BCUT2D eigenvalue weighted by atomic mass is 9.84. The number of hydrogen-bond acceptors (Lipinski definition) is 11. The molecule has 0 fully saturated rings. The number of pyridine rings is 2. The quantitative estimate of drug-likeness (QED) is 0.282. The Kier molecular flexibility index (Phi) is 5.93. The maximum Gasteiger partial charge on any atom is 0.300 e. The molecule has 0 radical (unpaired) electrons. The molecule has 0 amide bonds. The van der Waals surface area contributed by atoms with Gasteiger partial charge in [-0.1, -0.05) is 6.57 Å². The predicted molar refractivity (Wildman–Crippen MR) is 145 cm³/mol. The zero-order valence-electron chi connectivity index (χ0n) is 22.3. The molecule has 0 aliphatic heterocycles. The minimum atomic E-state index is -0.761. The Balaban J connectivity index is 1.50. The molecule has 0 aliphatic carbocycles. The van der Waals surface area contributed by atoms with Crippen LogP contribution in [0.3, 0.4) is 0 Å². The van der Waals surface area contributed by atoms with E-state index in [-0.39, 0.29) is 11.5 Å². The van der Waals surface area contributed by atoms with Gasteiger partial charge in [0.05, 0.1) is 25.6 Å². The third-order valence-corrected chi connectivity index (χ3v) is 6.68. The third-order valence-electron chi connectivity index (χ3n) is 6.68. The number of ether oxygens (including phenoxy) is 2. The lowest BCUT2D eigenvalue weighted by Gasteiger charge is -2.26. The monoisotopic (exact) mass is 544 g/mol. The largest absolute Gasteiger partial charge is 0.497 e. The van der Waals surface area contributed by atoms with E-state index in [4.69, 9.17) is 26.0 Å². The van der Waals surface area contributed by atoms with E-state index in [0.717, 1.165) is 0 Å². The zero-order valence-corrected chi connectivity index (χ0v) is 22.3. The first-order chi connectivity index (χ1) is 19.9. The SMILES string of the molecule is [C-]#[N+]c1ncnc2c1ncn2-c1cc(OC)cc(C(C)(C)c2cc(OC)cc(-n3cnc4c(C#N)ncnc43)n2)n1. The Labute approximate surface area is 232 Å². The number of methoxy groups -OCH3 is 2. The van der Waals surface area contributed by atoms with Gasteiger partial charge in [0.1, 0.15) is 59.2 Å². The summed E-state index contributed by atoms with van der Waals surface area (Å²) in [6.07, 6.45) is 5.74. The lowest BCUT2D eigenvalue weighted by molar-refractivity contribution is 0.409. The van der Waals surface area contributed by atoms with Gasteiger partial charge in [-0.05, 0) is 13.8 Å². The molecular weight excluding hydrogens is 524 g/mol. The number of aromatic nitrogens is 10. The maximum atomic E-state index is 9.42. The molecule has 6 rings (SSSR count). The highest BCUT2D eigenvalue weighted by Gasteiger charge is 2.30. The molecule has 0 aromatic carbocycles. The Hall–Kier alpha value is -6.02. The first kappa shape index (κ1) is 25.3. The van der Waals surface area contributed by atoms with Crippen molar-refractivity contribution in [2.75, 3.05) is 14.2 Å². The molecule has 0 atom stereocenters. The average molecular weight is 545 g/mol. The van der Waals surface area contributed by atoms with E-state index >= 15 is 0 Å². The lowest BCUT2D eigenvalue weighted by Crippen LogP contribution is -2.24. The Morgan fingerprint density at radius 2 is 1.32 bits per heavy atom. The van der Waals surface area contributed by atoms with E-state index in [0.29, 0.717) is 56.9 Å². The van der Waals surface area contributed by atoms with Crippen LogP contribution in [0.4, 0.5) is 5.82 Å². The van der Waals surface area contributed by atoms with Crippen molar-refractivity contribution >= 4 is 28.1 Å². The number of imidazole rings is 2. The smallest absolute Gasteiger partial charge is 0.300 e. The summed E-state index contributed by atoms with van der Waals surface area (Å²) in [6, 6.07) is 9.22. The van der Waals surface area contributed by atoms with Crippen LogP contribution in [-0.4, -0.2) is 63.2 Å². The van der Waals surface area contributed by atoms with E-state index in [2.05, 4.69) is 34.7 Å². The standard InChI is InChI=1S/C27H20N12O2/c1-27(2,18-6-15(40-4)8-20(36-18)38-13-34-22-17(10-28)30-11-32-25(22)38)19-7-16(41-5)9-21(37-19)39-14-35-23-24(29-3)31-12-33-26(23)39/h6-9,11-14H,1-2,4-5H3. The first-order valence-corrected chi connectivity index (χ1v) is 12.2. The van der Waals surface area contributed by atoms with Gasteiger partial charge in [-0.15, -0.1) is 4.98 Å². The van der Waals surface area contributed by atoms with Crippen molar-refractivity contribution < 1.29 is 9.47 Å². The zero-order chi connectivity index (χ0) is 28.7. The summed E-state index contributed by atoms with van der Waals surface area (Å²) in [5.74, 6) is 2.26. The number of nitriles is 1. The van der Waals surface area contributed by atoms with Crippen molar-refractivity contribution in [1.29, 1.82) is 5.26 Å². The van der Waals surface area contributed by atoms with Crippen LogP contribution in [0, 0.1) is 17.9 Å². The van der Waals surface area contributed by atoms with Crippen LogP contribution >= 0.6 is 0 Å². The molecule has 200 valence electrons. The van der Waals surface area contributed by atoms with Gasteiger partial charge in [0.25, 0.3) is 0 Å². The van der Waals surface area contributed by atoms with Gasteiger partial charge in [0.2, 0.25) is 6.33 Å². The van der Waals surface area contributed by atoms with Gasteiger partial charge in [-0.2, -0.15) is 10.2 Å². The molecular formula is C27H20N12O2. The summed E-state index contributed by atoms with van der Waals surface area (Å²) < 4.78 is 14.6. The minimum Gasteiger partial charge on any atom is -0.497 e. The van der Waals surface area contributed by atoms with Crippen LogP contribution in [0.5, 0.6) is 11.5 Å². The van der Waals surface area contributed by atoms with Crippen molar-refractivity contribution in [2.24, 2.45) is 0 Å². The van der Waals surface area contributed by atoms with Crippen molar-refractivity contribution in [3.63, 3.8) is 0 Å². The molecule has 6 aromatic heterocycles. The molecule has 0 bridgehead atoms. The molecule has 6 aromatic rings. The Bertz CT molecular complexity index is 1900. The number of rotatable bonds is 6. The maximum absolute atomic E-state index is 9.42. The average Bonchev–Trinajstić information content (AvgIpc) is 3.65. The Morgan fingerprint density at radius 1 is 0.780 bits per heavy atom. The van der Waals surface area contributed by atoms with Crippen LogP contribution in [0.25, 0.3) is 38.8 Å². The van der Waals surface area contributed by atoms with Gasteiger partial charge in [-0.25, -0.2) is 29.9 Å². The molecule has 0 spiro atoms. The van der Waals surface area contributed by atoms with E-state index in [1.807, 2.05) is 32.0 Å². The van der Waals surface area contributed by atoms with E-state index in [1.165, 1.54) is 12.7 Å². The third kappa shape index (κ3) is 4.11. The second-order valence-electron chi connectivity index (χ2n) is 9.34. The van der Waals surface area contributed by atoms with Crippen LogP contribution < -0.4 is 9.47 Å². The second kappa shape index (κ2) is 9.62.